The second kappa shape index (κ2) is 10.8. The molecule has 0 saturated carbocycles. The standard InChI is InChI=1S/C24H19Cl2N3O4/c1-14-6-3-4-7-18(14)24(32)33-17-12-10-16(11-13-17)15(2)28-29-23(31)22(30)27-20-9-5-8-19(25)21(20)26/h3-13H,1-2H3,(H,27,30)(H,29,31). The molecule has 7 nitrogen and oxygen atoms in total. The molecule has 2 amide bonds. The number of halogens is 2. The fraction of sp³-hybridized carbons (Fsp3) is 0.0833. The lowest BCUT2D eigenvalue weighted by Crippen LogP contribution is -2.33. The van der Waals surface area contributed by atoms with Gasteiger partial charge >= 0.3 is 17.8 Å². The van der Waals surface area contributed by atoms with Crippen LogP contribution < -0.4 is 15.5 Å². The Bertz CT molecular complexity index is 1240. The van der Waals surface area contributed by atoms with E-state index in [4.69, 9.17) is 27.9 Å². The van der Waals surface area contributed by atoms with E-state index in [1.165, 1.54) is 6.07 Å². The lowest BCUT2D eigenvalue weighted by Gasteiger charge is -2.08. The Morgan fingerprint density at radius 1 is 0.879 bits per heavy atom. The van der Waals surface area contributed by atoms with Gasteiger partial charge in [-0.2, -0.15) is 5.10 Å². The van der Waals surface area contributed by atoms with Crippen LogP contribution in [0.3, 0.4) is 0 Å². The zero-order valence-electron chi connectivity index (χ0n) is 17.7. The topological polar surface area (TPSA) is 96.9 Å². The highest BCUT2D eigenvalue weighted by molar-refractivity contribution is 6.45. The number of hydrogen-bond acceptors (Lipinski definition) is 5. The van der Waals surface area contributed by atoms with Crippen LogP contribution in [-0.4, -0.2) is 23.5 Å². The van der Waals surface area contributed by atoms with Gasteiger partial charge in [0.05, 0.1) is 27.0 Å². The number of hydrogen-bond donors (Lipinski definition) is 2. The van der Waals surface area contributed by atoms with E-state index in [2.05, 4.69) is 15.8 Å². The van der Waals surface area contributed by atoms with Crippen LogP contribution >= 0.6 is 23.2 Å². The van der Waals surface area contributed by atoms with Gasteiger partial charge in [-0.3, -0.25) is 9.59 Å². The molecule has 0 unspecified atom stereocenters. The molecule has 0 saturated heterocycles. The van der Waals surface area contributed by atoms with Crippen molar-refractivity contribution >= 4 is 52.4 Å². The molecule has 3 aromatic rings. The monoisotopic (exact) mass is 483 g/mol. The molecule has 0 bridgehead atoms. The second-order valence-electron chi connectivity index (χ2n) is 6.92. The number of carbonyl (C=O) groups is 3. The summed E-state index contributed by atoms with van der Waals surface area (Å²) in [6.45, 7) is 3.48. The zero-order valence-corrected chi connectivity index (χ0v) is 19.2. The van der Waals surface area contributed by atoms with E-state index in [1.807, 2.05) is 19.1 Å². The molecule has 0 radical (unpaired) electrons. The number of amides is 2. The summed E-state index contributed by atoms with van der Waals surface area (Å²) in [7, 11) is 0. The van der Waals surface area contributed by atoms with Crippen molar-refractivity contribution in [1.82, 2.24) is 5.43 Å². The summed E-state index contributed by atoms with van der Waals surface area (Å²) in [6, 6.07) is 18.4. The fourth-order valence-corrected chi connectivity index (χ4v) is 3.11. The number of carbonyl (C=O) groups excluding carboxylic acids is 3. The molecule has 0 spiro atoms. The molecule has 3 rings (SSSR count). The van der Waals surface area contributed by atoms with Crippen molar-refractivity contribution in [3.63, 3.8) is 0 Å². The number of nitrogens with one attached hydrogen (secondary N) is 2. The van der Waals surface area contributed by atoms with Crippen LogP contribution in [0.5, 0.6) is 5.75 Å². The fourth-order valence-electron chi connectivity index (χ4n) is 2.76. The van der Waals surface area contributed by atoms with E-state index in [-0.39, 0.29) is 15.7 Å². The SMILES string of the molecule is CC(=NNC(=O)C(=O)Nc1cccc(Cl)c1Cl)c1ccc(OC(=O)c2ccccc2C)cc1. The molecule has 0 atom stereocenters. The normalized spacial score (nSPS) is 11.0. The summed E-state index contributed by atoms with van der Waals surface area (Å²) in [5, 5.41) is 6.68. The number of rotatable bonds is 5. The molecule has 0 aromatic heterocycles. The summed E-state index contributed by atoms with van der Waals surface area (Å²) >= 11 is 11.9. The molecule has 0 aliphatic rings. The van der Waals surface area contributed by atoms with E-state index in [1.54, 1.807) is 55.5 Å². The van der Waals surface area contributed by atoms with Crippen LogP contribution in [0.15, 0.2) is 71.8 Å². The quantitative estimate of drug-likeness (QED) is 0.175. The molecule has 3 aromatic carbocycles. The van der Waals surface area contributed by atoms with Gasteiger partial charge in [-0.1, -0.05) is 47.5 Å². The van der Waals surface area contributed by atoms with E-state index in [0.29, 0.717) is 22.6 Å². The van der Waals surface area contributed by atoms with Crippen LogP contribution in [0.2, 0.25) is 10.0 Å². The Morgan fingerprint density at radius 2 is 1.58 bits per heavy atom. The third-order valence-corrected chi connectivity index (χ3v) is 5.40. The van der Waals surface area contributed by atoms with Crippen molar-refractivity contribution in [2.45, 2.75) is 13.8 Å². The number of hydrazone groups is 1. The summed E-state index contributed by atoms with van der Waals surface area (Å²) in [6.07, 6.45) is 0. The maximum Gasteiger partial charge on any atom is 0.343 e. The number of aryl methyl sites for hydroxylation is 1. The predicted octanol–water partition coefficient (Wildman–Crippen LogP) is 5.00. The van der Waals surface area contributed by atoms with Crippen molar-refractivity contribution < 1.29 is 19.1 Å². The zero-order chi connectivity index (χ0) is 24.0. The number of esters is 1. The van der Waals surface area contributed by atoms with Gasteiger partial charge in [0.1, 0.15) is 5.75 Å². The minimum atomic E-state index is -0.978. The van der Waals surface area contributed by atoms with Crippen molar-refractivity contribution in [3.05, 3.63) is 93.5 Å². The van der Waals surface area contributed by atoms with E-state index in [0.717, 1.165) is 5.56 Å². The minimum absolute atomic E-state index is 0.128. The van der Waals surface area contributed by atoms with Gasteiger partial charge in [-0.05, 0) is 67.4 Å². The average molecular weight is 484 g/mol. The average Bonchev–Trinajstić information content (AvgIpc) is 2.80. The molecule has 9 heteroatoms. The largest absolute Gasteiger partial charge is 0.423 e. The third kappa shape index (κ3) is 6.19. The van der Waals surface area contributed by atoms with Crippen LogP contribution in [0.1, 0.15) is 28.4 Å². The second-order valence-corrected chi connectivity index (χ2v) is 7.71. The van der Waals surface area contributed by atoms with Gasteiger partial charge in [-0.25, -0.2) is 10.2 Å². The highest BCUT2D eigenvalue weighted by Crippen LogP contribution is 2.29. The van der Waals surface area contributed by atoms with E-state index < -0.39 is 17.8 Å². The van der Waals surface area contributed by atoms with Gasteiger partial charge in [0, 0.05) is 0 Å². The van der Waals surface area contributed by atoms with Crippen molar-refractivity contribution in [2.24, 2.45) is 5.10 Å². The molecular weight excluding hydrogens is 465 g/mol. The van der Waals surface area contributed by atoms with Gasteiger partial charge in [0.15, 0.2) is 0 Å². The van der Waals surface area contributed by atoms with Crippen molar-refractivity contribution in [2.75, 3.05) is 5.32 Å². The summed E-state index contributed by atoms with van der Waals surface area (Å²) in [4.78, 5) is 36.4. The third-order valence-electron chi connectivity index (χ3n) is 4.58. The molecule has 2 N–H and O–H groups in total. The molecule has 0 fully saturated rings. The smallest absolute Gasteiger partial charge is 0.343 e. The molecule has 168 valence electrons. The van der Waals surface area contributed by atoms with Crippen LogP contribution in [0.25, 0.3) is 0 Å². The maximum atomic E-state index is 12.3. The summed E-state index contributed by atoms with van der Waals surface area (Å²) in [5.41, 5.74) is 4.79. The Balaban J connectivity index is 1.59. The van der Waals surface area contributed by atoms with Gasteiger partial charge in [0.2, 0.25) is 0 Å². The number of benzene rings is 3. The van der Waals surface area contributed by atoms with Gasteiger partial charge < -0.3 is 10.1 Å². The Kier molecular flexibility index (Phi) is 7.82. The number of ether oxygens (including phenoxy) is 1. The highest BCUT2D eigenvalue weighted by Gasteiger charge is 2.16. The molecule has 0 aliphatic heterocycles. The summed E-state index contributed by atoms with van der Waals surface area (Å²) in [5.74, 6) is -2.02. The van der Waals surface area contributed by atoms with Crippen LogP contribution in [0.4, 0.5) is 5.69 Å². The molecule has 0 aliphatic carbocycles. The maximum absolute atomic E-state index is 12.3. The lowest BCUT2D eigenvalue weighted by atomic mass is 10.1. The number of nitrogens with zero attached hydrogens (tertiary/aromatic N) is 1. The number of anilines is 1. The van der Waals surface area contributed by atoms with Gasteiger partial charge in [-0.15, -0.1) is 0 Å². The summed E-state index contributed by atoms with van der Waals surface area (Å²) < 4.78 is 5.40. The van der Waals surface area contributed by atoms with Crippen LogP contribution in [0, 0.1) is 6.92 Å². The molecular formula is C24H19Cl2N3O4. The Morgan fingerprint density at radius 3 is 2.27 bits per heavy atom. The molecule has 33 heavy (non-hydrogen) atoms. The van der Waals surface area contributed by atoms with Crippen molar-refractivity contribution in [1.29, 1.82) is 0 Å². The van der Waals surface area contributed by atoms with Crippen molar-refractivity contribution in [3.8, 4) is 5.75 Å². The highest BCUT2D eigenvalue weighted by atomic mass is 35.5. The van der Waals surface area contributed by atoms with Gasteiger partial charge in [0.25, 0.3) is 0 Å². The first-order valence-corrected chi connectivity index (χ1v) is 10.5. The molecule has 0 heterocycles. The van der Waals surface area contributed by atoms with E-state index in [9.17, 15) is 14.4 Å². The predicted molar refractivity (Wildman–Crippen MR) is 128 cm³/mol. The first-order valence-electron chi connectivity index (χ1n) is 9.74. The lowest BCUT2D eigenvalue weighted by molar-refractivity contribution is -0.136. The Hall–Kier alpha value is -3.68. The minimum Gasteiger partial charge on any atom is -0.423 e. The first kappa shape index (κ1) is 24.0. The Labute approximate surface area is 200 Å². The van der Waals surface area contributed by atoms with E-state index >= 15 is 0 Å². The first-order chi connectivity index (χ1) is 15.8. The van der Waals surface area contributed by atoms with Crippen LogP contribution in [-0.2, 0) is 9.59 Å².